The maximum atomic E-state index is 13.3. The van der Waals surface area contributed by atoms with E-state index in [-0.39, 0.29) is 11.5 Å². The van der Waals surface area contributed by atoms with Crippen LogP contribution < -0.4 is 10.4 Å². The lowest BCUT2D eigenvalue weighted by Gasteiger charge is -2.05. The highest BCUT2D eigenvalue weighted by Gasteiger charge is 2.18. The second-order valence-corrected chi connectivity index (χ2v) is 5.76. The Kier molecular flexibility index (Phi) is 4.25. The topological polar surface area (TPSA) is 61.9 Å². The zero-order valence-corrected chi connectivity index (χ0v) is 14.4. The highest BCUT2D eigenvalue weighted by Crippen LogP contribution is 2.21. The van der Waals surface area contributed by atoms with Gasteiger partial charge in [-0.1, -0.05) is 0 Å². The predicted octanol–water partition coefficient (Wildman–Crippen LogP) is 3.23. The number of rotatable bonds is 4. The van der Waals surface area contributed by atoms with Crippen molar-refractivity contribution in [3.63, 3.8) is 0 Å². The smallest absolute Gasteiger partial charge is 0.355 e. The fourth-order valence-corrected chi connectivity index (χ4v) is 2.77. The van der Waals surface area contributed by atoms with E-state index in [2.05, 4.69) is 10.1 Å². The van der Waals surface area contributed by atoms with Crippen LogP contribution >= 0.6 is 0 Å². The zero-order chi connectivity index (χ0) is 18.8. The van der Waals surface area contributed by atoms with Gasteiger partial charge in [-0.15, -0.1) is 5.10 Å². The van der Waals surface area contributed by atoms with Gasteiger partial charge < -0.3 is 4.74 Å². The van der Waals surface area contributed by atoms with Gasteiger partial charge in [-0.05, 0) is 60.7 Å². The van der Waals surface area contributed by atoms with Gasteiger partial charge in [0.25, 0.3) is 0 Å². The Morgan fingerprint density at radius 1 is 0.889 bits per heavy atom. The molecule has 0 aliphatic carbocycles. The van der Waals surface area contributed by atoms with Crippen LogP contribution in [-0.4, -0.2) is 26.4 Å². The first kappa shape index (κ1) is 16.7. The first-order chi connectivity index (χ1) is 13.2. The maximum Gasteiger partial charge on any atom is 0.355 e. The fourth-order valence-electron chi connectivity index (χ4n) is 2.77. The number of pyridine rings is 1. The highest BCUT2D eigenvalue weighted by molar-refractivity contribution is 5.58. The normalized spacial score (nSPS) is 10.7. The van der Waals surface area contributed by atoms with E-state index in [1.807, 2.05) is 0 Å². The molecule has 0 saturated carbocycles. The van der Waals surface area contributed by atoms with Crippen molar-refractivity contribution in [1.82, 2.24) is 19.3 Å². The van der Waals surface area contributed by atoms with Gasteiger partial charge in [0.2, 0.25) is 0 Å². The van der Waals surface area contributed by atoms with Crippen LogP contribution in [-0.2, 0) is 0 Å². The number of benzene rings is 2. The Labute approximate surface area is 154 Å². The van der Waals surface area contributed by atoms with Crippen LogP contribution in [0.1, 0.15) is 0 Å². The summed E-state index contributed by atoms with van der Waals surface area (Å²) in [5.74, 6) is 0.740. The van der Waals surface area contributed by atoms with E-state index in [4.69, 9.17) is 4.74 Å². The van der Waals surface area contributed by atoms with E-state index in [1.54, 1.807) is 68.0 Å². The first-order valence-corrected chi connectivity index (χ1v) is 8.20. The van der Waals surface area contributed by atoms with Crippen LogP contribution in [0.4, 0.5) is 4.39 Å². The van der Waals surface area contributed by atoms with Gasteiger partial charge in [-0.3, -0.25) is 4.98 Å². The predicted molar refractivity (Wildman–Crippen MR) is 98.9 cm³/mol. The van der Waals surface area contributed by atoms with Crippen molar-refractivity contribution in [2.45, 2.75) is 0 Å². The minimum absolute atomic E-state index is 0.362. The van der Waals surface area contributed by atoms with Gasteiger partial charge in [0.05, 0.1) is 18.5 Å². The molecule has 2 aromatic carbocycles. The number of nitrogens with zero attached hydrogens (tertiary/aromatic N) is 4. The van der Waals surface area contributed by atoms with Crippen molar-refractivity contribution in [1.29, 1.82) is 0 Å². The summed E-state index contributed by atoms with van der Waals surface area (Å²) in [5, 5.41) is 4.51. The number of aromatic nitrogens is 4. The molecule has 7 heteroatoms. The molecule has 134 valence electrons. The Morgan fingerprint density at radius 2 is 1.52 bits per heavy atom. The Morgan fingerprint density at radius 3 is 2.15 bits per heavy atom. The van der Waals surface area contributed by atoms with Gasteiger partial charge in [0.15, 0.2) is 5.82 Å². The first-order valence-electron chi connectivity index (χ1n) is 8.20. The van der Waals surface area contributed by atoms with Crippen molar-refractivity contribution in [2.75, 3.05) is 7.11 Å². The van der Waals surface area contributed by atoms with Crippen molar-refractivity contribution in [2.24, 2.45) is 0 Å². The van der Waals surface area contributed by atoms with E-state index >= 15 is 0 Å². The van der Waals surface area contributed by atoms with Gasteiger partial charge in [-0.25, -0.2) is 13.8 Å². The van der Waals surface area contributed by atoms with E-state index in [0.29, 0.717) is 22.9 Å². The molecule has 0 amide bonds. The van der Waals surface area contributed by atoms with Crippen molar-refractivity contribution >= 4 is 0 Å². The van der Waals surface area contributed by atoms with E-state index in [1.165, 1.54) is 21.4 Å². The summed E-state index contributed by atoms with van der Waals surface area (Å²) >= 11 is 0. The molecule has 2 aromatic heterocycles. The minimum Gasteiger partial charge on any atom is -0.497 e. The standard InChI is InChI=1S/C20H15FN4O2/c1-27-18-8-6-17(7-9-18)25-20(26)24(16-4-2-15(21)3-5-16)19(23-25)14-10-12-22-13-11-14/h2-13H,1H3. The molecule has 0 atom stereocenters. The average molecular weight is 362 g/mol. The molecular formula is C20H15FN4O2. The van der Waals surface area contributed by atoms with Gasteiger partial charge in [0.1, 0.15) is 11.6 Å². The van der Waals surface area contributed by atoms with Crippen LogP contribution in [0.3, 0.4) is 0 Å². The number of hydrogen-bond acceptors (Lipinski definition) is 4. The monoisotopic (exact) mass is 362 g/mol. The average Bonchev–Trinajstić information content (AvgIpc) is 3.06. The van der Waals surface area contributed by atoms with E-state index < -0.39 is 0 Å². The Bertz CT molecular complexity index is 1120. The number of hydrogen-bond donors (Lipinski definition) is 0. The van der Waals surface area contributed by atoms with Gasteiger partial charge >= 0.3 is 5.69 Å². The quantitative estimate of drug-likeness (QED) is 0.559. The molecule has 0 bridgehead atoms. The second kappa shape index (κ2) is 6.87. The third-order valence-corrected chi connectivity index (χ3v) is 4.12. The SMILES string of the molecule is COc1ccc(-n2nc(-c3ccncc3)n(-c3ccc(F)cc3)c2=O)cc1. The second-order valence-electron chi connectivity index (χ2n) is 5.76. The lowest BCUT2D eigenvalue weighted by molar-refractivity contribution is 0.414. The summed E-state index contributed by atoms with van der Waals surface area (Å²) in [7, 11) is 1.58. The summed E-state index contributed by atoms with van der Waals surface area (Å²) < 4.78 is 21.2. The van der Waals surface area contributed by atoms with Crippen molar-refractivity contribution in [3.8, 4) is 28.5 Å². The molecular weight excluding hydrogens is 347 g/mol. The third kappa shape index (κ3) is 3.10. The third-order valence-electron chi connectivity index (χ3n) is 4.12. The van der Waals surface area contributed by atoms with E-state index in [9.17, 15) is 9.18 Å². The molecule has 0 aliphatic rings. The largest absolute Gasteiger partial charge is 0.497 e. The van der Waals surface area contributed by atoms with Crippen molar-refractivity contribution < 1.29 is 9.13 Å². The lowest BCUT2D eigenvalue weighted by Crippen LogP contribution is -2.22. The molecule has 0 fully saturated rings. The highest BCUT2D eigenvalue weighted by atomic mass is 19.1. The van der Waals surface area contributed by atoms with Crippen LogP contribution in [0, 0.1) is 5.82 Å². The van der Waals surface area contributed by atoms with Crippen LogP contribution in [0.5, 0.6) is 5.75 Å². The lowest BCUT2D eigenvalue weighted by atomic mass is 10.2. The maximum absolute atomic E-state index is 13.3. The molecule has 2 heterocycles. The summed E-state index contributed by atoms with van der Waals surface area (Å²) in [6.45, 7) is 0. The number of ether oxygens (including phenoxy) is 1. The minimum atomic E-state index is -0.375. The van der Waals surface area contributed by atoms with Gasteiger partial charge in [-0.2, -0.15) is 4.68 Å². The molecule has 0 saturated heterocycles. The summed E-state index contributed by atoms with van der Waals surface area (Å²) in [5.41, 5.74) is 1.47. The van der Waals surface area contributed by atoms with Crippen LogP contribution in [0.2, 0.25) is 0 Å². The zero-order valence-electron chi connectivity index (χ0n) is 14.4. The summed E-state index contributed by atoms with van der Waals surface area (Å²) in [6.07, 6.45) is 3.25. The van der Waals surface area contributed by atoms with Gasteiger partial charge in [0, 0.05) is 18.0 Å². The molecule has 0 aliphatic heterocycles. The molecule has 0 spiro atoms. The Balaban J connectivity index is 1.94. The summed E-state index contributed by atoms with van der Waals surface area (Å²) in [6, 6.07) is 16.2. The van der Waals surface area contributed by atoms with Crippen molar-refractivity contribution in [3.05, 3.63) is 89.4 Å². The van der Waals surface area contributed by atoms with Crippen LogP contribution in [0.25, 0.3) is 22.8 Å². The molecule has 27 heavy (non-hydrogen) atoms. The molecule has 4 rings (SSSR count). The summed E-state index contributed by atoms with van der Waals surface area (Å²) in [4.78, 5) is 17.1. The van der Waals surface area contributed by atoms with Crippen LogP contribution in [0.15, 0.2) is 77.9 Å². The Hall–Kier alpha value is -3.74. The molecule has 4 aromatic rings. The van der Waals surface area contributed by atoms with E-state index in [0.717, 1.165) is 5.56 Å². The number of halogens is 1. The fraction of sp³-hybridized carbons (Fsp3) is 0.0500. The molecule has 6 nitrogen and oxygen atoms in total. The molecule has 0 radical (unpaired) electrons. The molecule has 0 N–H and O–H groups in total. The number of methoxy groups -OCH3 is 1. The molecule has 0 unspecified atom stereocenters.